The lowest BCUT2D eigenvalue weighted by molar-refractivity contribution is -0.385. The first-order valence-electron chi connectivity index (χ1n) is 5.46. The van der Waals surface area contributed by atoms with E-state index in [9.17, 15) is 24.1 Å². The Morgan fingerprint density at radius 2 is 2.10 bits per heavy atom. The Morgan fingerprint density at radius 1 is 1.45 bits per heavy atom. The van der Waals surface area contributed by atoms with E-state index in [1.807, 2.05) is 0 Å². The van der Waals surface area contributed by atoms with Gasteiger partial charge in [0.2, 0.25) is 0 Å². The topological polar surface area (TPSA) is 110 Å². The Hall–Kier alpha value is -2.03. The number of carboxylic acid groups (broad SMARTS) is 1. The first kappa shape index (κ1) is 16.0. The number of nitro benzene ring substituents is 1. The number of halogens is 2. The molecule has 0 aromatic heterocycles. The largest absolute Gasteiger partial charge is 0.481 e. The van der Waals surface area contributed by atoms with E-state index >= 15 is 0 Å². The van der Waals surface area contributed by atoms with E-state index in [2.05, 4.69) is 21.2 Å². The molecule has 0 heterocycles. The lowest BCUT2D eigenvalue weighted by Gasteiger charge is -2.07. The van der Waals surface area contributed by atoms with Crippen LogP contribution in [0.25, 0.3) is 0 Å². The van der Waals surface area contributed by atoms with E-state index in [0.717, 1.165) is 6.07 Å². The predicted molar refractivity (Wildman–Crippen MR) is 70.0 cm³/mol. The quantitative estimate of drug-likeness (QED) is 0.464. The van der Waals surface area contributed by atoms with Crippen LogP contribution in [-0.2, 0) is 4.79 Å². The number of carboxylic acids is 1. The molecule has 20 heavy (non-hydrogen) atoms. The summed E-state index contributed by atoms with van der Waals surface area (Å²) in [6.07, 6.45) is 0.0842. The number of hydrogen-bond donors (Lipinski definition) is 2. The lowest BCUT2D eigenvalue weighted by Crippen LogP contribution is -2.25. The van der Waals surface area contributed by atoms with Gasteiger partial charge < -0.3 is 10.4 Å². The summed E-state index contributed by atoms with van der Waals surface area (Å²) in [5, 5.41) is 21.5. The second-order valence-corrected chi connectivity index (χ2v) is 4.59. The van der Waals surface area contributed by atoms with E-state index in [1.54, 1.807) is 0 Å². The molecule has 0 saturated heterocycles. The van der Waals surface area contributed by atoms with Crippen LogP contribution in [0.5, 0.6) is 0 Å². The number of nitro groups is 1. The molecule has 1 rings (SSSR count). The maximum Gasteiger partial charge on any atom is 0.303 e. The molecule has 0 saturated carbocycles. The van der Waals surface area contributed by atoms with Gasteiger partial charge in [0.1, 0.15) is 10.3 Å². The van der Waals surface area contributed by atoms with Crippen molar-refractivity contribution >= 4 is 33.5 Å². The van der Waals surface area contributed by atoms with Crippen molar-refractivity contribution in [3.8, 4) is 0 Å². The molecular formula is C11H10BrFN2O5. The predicted octanol–water partition coefficient (Wildman–Crippen LogP) is 2.09. The number of benzene rings is 1. The molecule has 1 amide bonds. The van der Waals surface area contributed by atoms with Gasteiger partial charge in [-0.25, -0.2) is 4.39 Å². The molecule has 0 aliphatic rings. The van der Waals surface area contributed by atoms with Crippen LogP contribution in [0, 0.1) is 15.9 Å². The monoisotopic (exact) mass is 348 g/mol. The van der Waals surface area contributed by atoms with Crippen molar-refractivity contribution in [2.24, 2.45) is 0 Å². The molecule has 0 aliphatic carbocycles. The number of amides is 1. The molecule has 0 fully saturated rings. The molecule has 0 bridgehead atoms. The minimum absolute atomic E-state index is 0.0713. The van der Waals surface area contributed by atoms with E-state index in [1.165, 1.54) is 0 Å². The first-order chi connectivity index (χ1) is 9.32. The highest BCUT2D eigenvalue weighted by Gasteiger charge is 2.21. The molecule has 0 unspecified atom stereocenters. The summed E-state index contributed by atoms with van der Waals surface area (Å²) in [6.45, 7) is 0.0713. The number of nitrogens with zero attached hydrogens (tertiary/aromatic N) is 1. The zero-order valence-electron chi connectivity index (χ0n) is 10.1. The highest BCUT2D eigenvalue weighted by atomic mass is 79.9. The molecule has 0 atom stereocenters. The van der Waals surface area contributed by atoms with Crippen LogP contribution in [0.1, 0.15) is 23.2 Å². The van der Waals surface area contributed by atoms with Gasteiger partial charge in [0, 0.05) is 13.0 Å². The van der Waals surface area contributed by atoms with Crippen LogP contribution in [0.15, 0.2) is 16.6 Å². The number of carbonyl (C=O) groups is 2. The van der Waals surface area contributed by atoms with Crippen LogP contribution in [-0.4, -0.2) is 28.5 Å². The summed E-state index contributed by atoms with van der Waals surface area (Å²) in [5.74, 6) is -2.62. The van der Waals surface area contributed by atoms with Crippen molar-refractivity contribution in [3.63, 3.8) is 0 Å². The van der Waals surface area contributed by atoms with Crippen molar-refractivity contribution in [1.82, 2.24) is 5.32 Å². The summed E-state index contributed by atoms with van der Waals surface area (Å²) in [4.78, 5) is 31.9. The molecule has 1 aromatic carbocycles. The lowest BCUT2D eigenvalue weighted by atomic mass is 10.1. The second kappa shape index (κ2) is 6.94. The van der Waals surface area contributed by atoms with E-state index < -0.39 is 28.3 Å². The van der Waals surface area contributed by atoms with Gasteiger partial charge in [-0.15, -0.1) is 0 Å². The van der Waals surface area contributed by atoms with Gasteiger partial charge in [-0.3, -0.25) is 19.7 Å². The van der Waals surface area contributed by atoms with Crippen LogP contribution < -0.4 is 5.32 Å². The second-order valence-electron chi connectivity index (χ2n) is 3.80. The van der Waals surface area contributed by atoms with Gasteiger partial charge in [-0.2, -0.15) is 0 Å². The van der Waals surface area contributed by atoms with Crippen molar-refractivity contribution in [1.29, 1.82) is 0 Å². The summed E-state index contributed by atoms with van der Waals surface area (Å²) in [7, 11) is 0. The zero-order chi connectivity index (χ0) is 15.3. The maximum atomic E-state index is 13.2. The number of hydrogen-bond acceptors (Lipinski definition) is 4. The minimum Gasteiger partial charge on any atom is -0.481 e. The molecule has 2 N–H and O–H groups in total. The van der Waals surface area contributed by atoms with Crippen LogP contribution in [0.3, 0.4) is 0 Å². The van der Waals surface area contributed by atoms with Crippen molar-refractivity contribution in [2.45, 2.75) is 12.8 Å². The smallest absolute Gasteiger partial charge is 0.303 e. The Labute approximate surface area is 121 Å². The number of carbonyl (C=O) groups excluding carboxylic acids is 1. The van der Waals surface area contributed by atoms with Crippen molar-refractivity contribution in [2.75, 3.05) is 6.54 Å². The third-order valence-electron chi connectivity index (χ3n) is 2.31. The third kappa shape index (κ3) is 4.26. The summed E-state index contributed by atoms with van der Waals surface area (Å²) < 4.78 is 13.1. The van der Waals surface area contributed by atoms with E-state index in [-0.39, 0.29) is 29.4 Å². The number of rotatable bonds is 6. The molecule has 108 valence electrons. The highest BCUT2D eigenvalue weighted by molar-refractivity contribution is 9.10. The van der Waals surface area contributed by atoms with Gasteiger partial charge >= 0.3 is 5.97 Å². The molecule has 1 aromatic rings. The van der Waals surface area contributed by atoms with Gasteiger partial charge in [0.15, 0.2) is 0 Å². The SMILES string of the molecule is O=C(O)CCCNC(=O)c1cc(F)cc([N+](=O)[O-])c1Br. The average molecular weight is 349 g/mol. The number of aliphatic carboxylic acids is 1. The Balaban J connectivity index is 2.82. The Bertz CT molecular complexity index is 564. The first-order valence-corrected chi connectivity index (χ1v) is 6.25. The van der Waals surface area contributed by atoms with Gasteiger partial charge in [0.05, 0.1) is 16.6 Å². The molecule has 7 nitrogen and oxygen atoms in total. The van der Waals surface area contributed by atoms with E-state index in [4.69, 9.17) is 5.11 Å². The van der Waals surface area contributed by atoms with E-state index in [0.29, 0.717) is 6.07 Å². The summed E-state index contributed by atoms with van der Waals surface area (Å²) in [6, 6.07) is 1.56. The van der Waals surface area contributed by atoms with Crippen LogP contribution in [0.4, 0.5) is 10.1 Å². The fourth-order valence-electron chi connectivity index (χ4n) is 1.41. The molecule has 0 radical (unpaired) electrons. The minimum atomic E-state index is -0.998. The van der Waals surface area contributed by atoms with Gasteiger partial charge in [0.25, 0.3) is 11.6 Å². The molecule has 0 spiro atoms. The molecular weight excluding hydrogens is 339 g/mol. The van der Waals surface area contributed by atoms with Crippen molar-refractivity contribution < 1.29 is 24.0 Å². The normalized spacial score (nSPS) is 10.1. The molecule has 0 aliphatic heterocycles. The zero-order valence-corrected chi connectivity index (χ0v) is 11.6. The van der Waals surface area contributed by atoms with Crippen molar-refractivity contribution in [3.05, 3.63) is 38.1 Å². The third-order valence-corrected chi connectivity index (χ3v) is 3.15. The number of nitrogens with one attached hydrogen (secondary N) is 1. The van der Waals surface area contributed by atoms with Crippen LogP contribution >= 0.6 is 15.9 Å². The van der Waals surface area contributed by atoms with Gasteiger partial charge in [-0.05, 0) is 28.4 Å². The Kier molecular flexibility index (Phi) is 5.56. The summed E-state index contributed by atoms with van der Waals surface area (Å²) in [5.41, 5.74) is -0.771. The summed E-state index contributed by atoms with van der Waals surface area (Å²) >= 11 is 2.89. The van der Waals surface area contributed by atoms with Crippen LogP contribution in [0.2, 0.25) is 0 Å². The average Bonchev–Trinajstić information content (AvgIpc) is 2.36. The Morgan fingerprint density at radius 3 is 2.65 bits per heavy atom. The maximum absolute atomic E-state index is 13.2. The van der Waals surface area contributed by atoms with Gasteiger partial charge in [-0.1, -0.05) is 0 Å². The highest BCUT2D eigenvalue weighted by Crippen LogP contribution is 2.29. The standard InChI is InChI=1S/C11H10BrFN2O5/c12-10-7(4-6(13)5-8(10)15(19)20)11(18)14-3-1-2-9(16)17/h4-5H,1-3H2,(H,14,18)(H,16,17). The fourth-order valence-corrected chi connectivity index (χ4v) is 1.96. The fraction of sp³-hybridized carbons (Fsp3) is 0.273. The molecule has 9 heteroatoms.